The maximum atomic E-state index is 12.0. The molecule has 5 heteroatoms. The molecule has 0 unspecified atom stereocenters. The normalized spacial score (nSPS) is 10.1. The summed E-state index contributed by atoms with van der Waals surface area (Å²) < 4.78 is 5.46. The molecule has 0 fully saturated rings. The molecule has 0 aliphatic carbocycles. The highest BCUT2D eigenvalue weighted by atomic mass is 16.5. The van der Waals surface area contributed by atoms with Gasteiger partial charge in [0.25, 0.3) is 5.91 Å². The Morgan fingerprint density at radius 2 is 2.00 bits per heavy atom. The number of benzene rings is 1. The third-order valence-electron chi connectivity index (χ3n) is 2.88. The summed E-state index contributed by atoms with van der Waals surface area (Å²) in [7, 11) is 0. The number of aromatic nitrogens is 1. The van der Waals surface area contributed by atoms with Crippen LogP contribution in [0.4, 0.5) is 0 Å². The second-order valence-corrected chi connectivity index (χ2v) is 5.04. The van der Waals surface area contributed by atoms with Crippen LogP contribution in [-0.4, -0.2) is 17.0 Å². The quantitative estimate of drug-likeness (QED) is 0.920. The number of amides is 1. The smallest absolute Gasteiger partial charge is 0.251 e. The summed E-state index contributed by atoms with van der Waals surface area (Å²) in [5, 5.41) is 11.5. The van der Waals surface area contributed by atoms with Crippen molar-refractivity contribution >= 4 is 5.91 Å². The highest BCUT2D eigenvalue weighted by Gasteiger charge is 2.06. The van der Waals surface area contributed by atoms with Crippen molar-refractivity contribution in [1.29, 1.82) is 5.26 Å². The van der Waals surface area contributed by atoms with Crippen LogP contribution in [0, 0.1) is 11.3 Å². The maximum absolute atomic E-state index is 12.0. The lowest BCUT2D eigenvalue weighted by atomic mass is 10.1. The number of nitrogens with one attached hydrogen (secondary N) is 1. The van der Waals surface area contributed by atoms with E-state index in [0.29, 0.717) is 23.6 Å². The molecule has 5 nitrogen and oxygen atoms in total. The summed E-state index contributed by atoms with van der Waals surface area (Å²) in [5.41, 5.74) is 1.94. The Balaban J connectivity index is 1.91. The molecule has 1 amide bonds. The molecule has 0 radical (unpaired) electrons. The second kappa shape index (κ2) is 7.23. The molecule has 0 saturated carbocycles. The topological polar surface area (TPSA) is 75.0 Å². The first kappa shape index (κ1) is 15.5. The van der Waals surface area contributed by atoms with Crippen LogP contribution in [-0.2, 0) is 6.54 Å². The van der Waals surface area contributed by atoms with E-state index in [2.05, 4.69) is 10.3 Å². The van der Waals surface area contributed by atoms with Gasteiger partial charge in [0, 0.05) is 24.4 Å². The predicted octanol–water partition coefficient (Wildman–Crippen LogP) is 2.67. The Morgan fingerprint density at radius 1 is 1.27 bits per heavy atom. The Bertz CT molecular complexity index is 671. The summed E-state index contributed by atoms with van der Waals surface area (Å²) >= 11 is 0. The lowest BCUT2D eigenvalue weighted by Crippen LogP contribution is -2.22. The largest absolute Gasteiger partial charge is 0.475 e. The second-order valence-electron chi connectivity index (χ2n) is 5.04. The third-order valence-corrected chi connectivity index (χ3v) is 2.88. The van der Waals surface area contributed by atoms with Gasteiger partial charge >= 0.3 is 0 Å². The molecule has 0 saturated heterocycles. The Morgan fingerprint density at radius 3 is 2.55 bits per heavy atom. The van der Waals surface area contributed by atoms with E-state index >= 15 is 0 Å². The van der Waals surface area contributed by atoms with Crippen molar-refractivity contribution in [2.45, 2.75) is 26.5 Å². The zero-order valence-electron chi connectivity index (χ0n) is 12.5. The number of nitrogens with zero attached hydrogens (tertiary/aromatic N) is 2. The zero-order chi connectivity index (χ0) is 15.9. The van der Waals surface area contributed by atoms with Gasteiger partial charge in [0.1, 0.15) is 0 Å². The zero-order valence-corrected chi connectivity index (χ0v) is 12.5. The first-order chi connectivity index (χ1) is 10.6. The van der Waals surface area contributed by atoms with Gasteiger partial charge in [-0.05, 0) is 43.7 Å². The molecule has 0 spiro atoms. The minimum atomic E-state index is -0.188. The monoisotopic (exact) mass is 295 g/mol. The van der Waals surface area contributed by atoms with Gasteiger partial charge in [-0.3, -0.25) is 4.79 Å². The molecular weight excluding hydrogens is 278 g/mol. The van der Waals surface area contributed by atoms with Crippen LogP contribution in [0.15, 0.2) is 42.6 Å². The number of hydrogen-bond donors (Lipinski definition) is 1. The van der Waals surface area contributed by atoms with E-state index < -0.39 is 0 Å². The van der Waals surface area contributed by atoms with Crippen LogP contribution in [0.3, 0.4) is 0 Å². The number of ether oxygens (including phenoxy) is 1. The van der Waals surface area contributed by atoms with Gasteiger partial charge in [-0.25, -0.2) is 4.98 Å². The molecule has 1 N–H and O–H groups in total. The molecule has 22 heavy (non-hydrogen) atoms. The highest BCUT2D eigenvalue weighted by Crippen LogP contribution is 2.10. The Labute approximate surface area is 129 Å². The van der Waals surface area contributed by atoms with Crippen molar-refractivity contribution < 1.29 is 9.53 Å². The van der Waals surface area contributed by atoms with Crippen LogP contribution < -0.4 is 10.1 Å². The van der Waals surface area contributed by atoms with E-state index in [1.54, 1.807) is 36.5 Å². The van der Waals surface area contributed by atoms with Crippen molar-refractivity contribution in [3.8, 4) is 11.9 Å². The minimum Gasteiger partial charge on any atom is -0.475 e. The van der Waals surface area contributed by atoms with E-state index in [4.69, 9.17) is 10.00 Å². The van der Waals surface area contributed by atoms with Crippen molar-refractivity contribution in [1.82, 2.24) is 10.3 Å². The number of rotatable bonds is 5. The number of carbonyl (C=O) groups is 1. The van der Waals surface area contributed by atoms with E-state index in [-0.39, 0.29) is 12.0 Å². The van der Waals surface area contributed by atoms with Gasteiger partial charge in [-0.2, -0.15) is 5.26 Å². The van der Waals surface area contributed by atoms with E-state index in [1.807, 2.05) is 26.0 Å². The third kappa shape index (κ3) is 4.32. The number of pyridine rings is 1. The molecule has 112 valence electrons. The Hall–Kier alpha value is -2.87. The van der Waals surface area contributed by atoms with Crippen LogP contribution in [0.25, 0.3) is 0 Å². The maximum Gasteiger partial charge on any atom is 0.251 e. The highest BCUT2D eigenvalue weighted by molar-refractivity contribution is 5.94. The van der Waals surface area contributed by atoms with Gasteiger partial charge in [-0.1, -0.05) is 6.07 Å². The molecule has 0 bridgehead atoms. The summed E-state index contributed by atoms with van der Waals surface area (Å²) in [6.45, 7) is 4.26. The average molecular weight is 295 g/mol. The van der Waals surface area contributed by atoms with E-state index in [9.17, 15) is 4.79 Å². The summed E-state index contributed by atoms with van der Waals surface area (Å²) in [5.74, 6) is 0.379. The number of carbonyl (C=O) groups excluding carboxylic acids is 1. The van der Waals surface area contributed by atoms with E-state index in [1.165, 1.54) is 0 Å². The van der Waals surface area contributed by atoms with Crippen molar-refractivity contribution in [3.05, 3.63) is 59.3 Å². The summed E-state index contributed by atoms with van der Waals surface area (Å²) in [6.07, 6.45) is 1.76. The van der Waals surface area contributed by atoms with Crippen LogP contribution >= 0.6 is 0 Å². The van der Waals surface area contributed by atoms with Crippen molar-refractivity contribution in [2.24, 2.45) is 0 Å². The lowest BCUT2D eigenvalue weighted by Gasteiger charge is -2.09. The SMILES string of the molecule is CC(C)Oc1ccc(CNC(=O)c2ccc(C#N)cc2)cn1. The van der Waals surface area contributed by atoms with Gasteiger partial charge in [0.2, 0.25) is 5.88 Å². The fourth-order valence-corrected chi connectivity index (χ4v) is 1.81. The van der Waals surface area contributed by atoms with Gasteiger partial charge in [-0.15, -0.1) is 0 Å². The molecule has 0 aliphatic heterocycles. The fraction of sp³-hybridized carbons (Fsp3) is 0.235. The molecule has 0 aliphatic rings. The summed E-state index contributed by atoms with van der Waals surface area (Å²) in [4.78, 5) is 16.2. The molecule has 2 rings (SSSR count). The fourth-order valence-electron chi connectivity index (χ4n) is 1.81. The molecule has 1 aromatic heterocycles. The number of nitriles is 1. The van der Waals surface area contributed by atoms with Gasteiger partial charge < -0.3 is 10.1 Å². The summed E-state index contributed by atoms with van der Waals surface area (Å²) in [6, 6.07) is 12.2. The first-order valence-electron chi connectivity index (χ1n) is 6.98. The van der Waals surface area contributed by atoms with Crippen molar-refractivity contribution in [3.63, 3.8) is 0 Å². The molecule has 1 heterocycles. The minimum absolute atomic E-state index is 0.0782. The molecule has 2 aromatic rings. The average Bonchev–Trinajstić information content (AvgIpc) is 2.53. The lowest BCUT2D eigenvalue weighted by molar-refractivity contribution is 0.0951. The molecule has 1 aromatic carbocycles. The van der Waals surface area contributed by atoms with Gasteiger partial charge in [0.15, 0.2) is 0 Å². The molecule has 0 atom stereocenters. The Kier molecular flexibility index (Phi) is 5.10. The van der Waals surface area contributed by atoms with Crippen LogP contribution in [0.2, 0.25) is 0 Å². The molecular formula is C17H17N3O2. The van der Waals surface area contributed by atoms with Crippen LogP contribution in [0.5, 0.6) is 5.88 Å². The van der Waals surface area contributed by atoms with Gasteiger partial charge in [0.05, 0.1) is 17.7 Å². The number of hydrogen-bond acceptors (Lipinski definition) is 4. The standard InChI is InChI=1S/C17H17N3O2/c1-12(2)22-16-8-5-14(10-19-16)11-20-17(21)15-6-3-13(9-18)4-7-15/h3-8,10,12H,11H2,1-2H3,(H,20,21). The van der Waals surface area contributed by atoms with Crippen molar-refractivity contribution in [2.75, 3.05) is 0 Å². The van der Waals surface area contributed by atoms with Crippen LogP contribution in [0.1, 0.15) is 35.3 Å². The van der Waals surface area contributed by atoms with E-state index in [0.717, 1.165) is 5.56 Å². The predicted molar refractivity (Wildman–Crippen MR) is 82.3 cm³/mol. The first-order valence-corrected chi connectivity index (χ1v) is 6.98.